The number of nitrogens with one attached hydrogen (secondary N) is 1. The molecule has 18 heavy (non-hydrogen) atoms. The first-order valence-electron chi connectivity index (χ1n) is 6.92. The van der Waals surface area contributed by atoms with Gasteiger partial charge in [0.2, 0.25) is 5.91 Å². The molecule has 2 saturated heterocycles. The first-order chi connectivity index (χ1) is 8.33. The van der Waals surface area contributed by atoms with Crippen LogP contribution in [0.1, 0.15) is 32.6 Å². The van der Waals surface area contributed by atoms with Crippen molar-refractivity contribution >= 4 is 18.3 Å². The average Bonchev–Trinajstić information content (AvgIpc) is 2.90. The van der Waals surface area contributed by atoms with Gasteiger partial charge in [0.1, 0.15) is 0 Å². The molecule has 0 saturated carbocycles. The monoisotopic (exact) mass is 276 g/mol. The molecule has 0 aromatic heterocycles. The van der Waals surface area contributed by atoms with Crippen molar-refractivity contribution in [3.63, 3.8) is 0 Å². The Kier molecular flexibility index (Phi) is 6.97. The number of rotatable bonds is 4. The maximum Gasteiger partial charge on any atom is 0.228 e. The predicted octanol–water partition coefficient (Wildman–Crippen LogP) is 1.44. The van der Waals surface area contributed by atoms with E-state index in [1.807, 2.05) is 0 Å². The fourth-order valence-corrected chi connectivity index (χ4v) is 2.80. The summed E-state index contributed by atoms with van der Waals surface area (Å²) < 4.78 is 5.33. The molecule has 1 amide bonds. The molecular weight excluding hydrogens is 252 g/mol. The number of hydrogen-bond acceptors (Lipinski definition) is 3. The van der Waals surface area contributed by atoms with Crippen LogP contribution in [0.2, 0.25) is 0 Å². The van der Waals surface area contributed by atoms with Crippen molar-refractivity contribution in [3.8, 4) is 0 Å². The normalized spacial score (nSPS) is 24.6. The Morgan fingerprint density at radius 2 is 2.06 bits per heavy atom. The lowest BCUT2D eigenvalue weighted by Gasteiger charge is -2.36. The van der Waals surface area contributed by atoms with Crippen molar-refractivity contribution in [3.05, 3.63) is 0 Å². The van der Waals surface area contributed by atoms with Crippen LogP contribution in [0, 0.1) is 5.92 Å². The van der Waals surface area contributed by atoms with E-state index in [-0.39, 0.29) is 18.3 Å². The van der Waals surface area contributed by atoms with Gasteiger partial charge in [-0.3, -0.25) is 4.79 Å². The highest BCUT2D eigenvalue weighted by Crippen LogP contribution is 2.20. The van der Waals surface area contributed by atoms with Crippen LogP contribution < -0.4 is 5.32 Å². The van der Waals surface area contributed by atoms with Crippen molar-refractivity contribution in [2.45, 2.75) is 38.6 Å². The molecular formula is C13H25ClN2O2. The van der Waals surface area contributed by atoms with Crippen LogP contribution in [0.25, 0.3) is 0 Å². The first-order valence-corrected chi connectivity index (χ1v) is 6.92. The van der Waals surface area contributed by atoms with E-state index in [4.69, 9.17) is 4.74 Å². The molecule has 0 aromatic rings. The van der Waals surface area contributed by atoms with Gasteiger partial charge in [0.25, 0.3) is 0 Å². The topological polar surface area (TPSA) is 41.6 Å². The van der Waals surface area contributed by atoms with Gasteiger partial charge in [-0.05, 0) is 38.8 Å². The highest BCUT2D eigenvalue weighted by molar-refractivity contribution is 5.85. The summed E-state index contributed by atoms with van der Waals surface area (Å²) in [4.78, 5) is 14.6. The summed E-state index contributed by atoms with van der Waals surface area (Å²) in [6.45, 7) is 6.51. The summed E-state index contributed by atoms with van der Waals surface area (Å²) in [5, 5.41) is 3.36. The van der Waals surface area contributed by atoms with Crippen molar-refractivity contribution in [1.82, 2.24) is 10.2 Å². The van der Waals surface area contributed by atoms with E-state index in [9.17, 15) is 4.79 Å². The largest absolute Gasteiger partial charge is 0.381 e. The first kappa shape index (κ1) is 15.7. The summed E-state index contributed by atoms with van der Waals surface area (Å²) in [5.41, 5.74) is 0. The minimum Gasteiger partial charge on any atom is -0.381 e. The number of carbonyl (C=O) groups excluding carboxylic acids is 1. The van der Waals surface area contributed by atoms with Gasteiger partial charge in [0.15, 0.2) is 0 Å². The van der Waals surface area contributed by atoms with E-state index in [2.05, 4.69) is 17.1 Å². The molecule has 0 bridgehead atoms. The molecule has 2 heterocycles. The number of carbonyl (C=O) groups is 1. The zero-order chi connectivity index (χ0) is 12.1. The van der Waals surface area contributed by atoms with Crippen LogP contribution >= 0.6 is 12.4 Å². The zero-order valence-electron chi connectivity index (χ0n) is 11.2. The molecule has 1 N–H and O–H groups in total. The van der Waals surface area contributed by atoms with Crippen LogP contribution in [0.15, 0.2) is 0 Å². The Labute approximate surface area is 116 Å². The minimum absolute atomic E-state index is 0. The van der Waals surface area contributed by atoms with E-state index in [1.165, 1.54) is 0 Å². The Hall–Kier alpha value is -0.320. The predicted molar refractivity (Wildman–Crippen MR) is 74.1 cm³/mol. The molecule has 0 radical (unpaired) electrons. The summed E-state index contributed by atoms with van der Waals surface area (Å²) in [6.07, 6.45) is 4.14. The van der Waals surface area contributed by atoms with E-state index in [1.54, 1.807) is 0 Å². The fraction of sp³-hybridized carbons (Fsp3) is 0.923. The van der Waals surface area contributed by atoms with Gasteiger partial charge in [-0.25, -0.2) is 0 Å². The number of piperidine rings is 1. The van der Waals surface area contributed by atoms with Gasteiger partial charge in [-0.15, -0.1) is 12.4 Å². The number of nitrogens with zero attached hydrogens (tertiary/aromatic N) is 1. The van der Waals surface area contributed by atoms with Crippen LogP contribution in [0.4, 0.5) is 0 Å². The van der Waals surface area contributed by atoms with Crippen LogP contribution in [-0.2, 0) is 9.53 Å². The Bertz CT molecular complexity index is 251. The Balaban J connectivity index is 0.00000162. The van der Waals surface area contributed by atoms with Gasteiger partial charge in [-0.1, -0.05) is 6.92 Å². The number of amides is 1. The van der Waals surface area contributed by atoms with Gasteiger partial charge in [0.05, 0.1) is 12.5 Å². The zero-order valence-corrected chi connectivity index (χ0v) is 12.0. The smallest absolute Gasteiger partial charge is 0.228 e. The number of ether oxygens (including phenoxy) is 1. The molecule has 1 unspecified atom stereocenters. The van der Waals surface area contributed by atoms with Crippen molar-refractivity contribution < 1.29 is 9.53 Å². The standard InChI is InChI=1S/C13H24N2O2.ClH/c1-2-8-15(12-3-6-14-7-4-12)13(16)11-5-9-17-10-11;/h11-12,14H,2-10H2,1H3;1H. The fourth-order valence-electron chi connectivity index (χ4n) is 2.80. The molecule has 2 aliphatic heterocycles. The maximum absolute atomic E-state index is 12.5. The van der Waals surface area contributed by atoms with Gasteiger partial charge in [-0.2, -0.15) is 0 Å². The van der Waals surface area contributed by atoms with Gasteiger partial charge < -0.3 is 15.0 Å². The lowest BCUT2D eigenvalue weighted by atomic mass is 10.0. The van der Waals surface area contributed by atoms with Crippen LogP contribution in [-0.4, -0.2) is 49.7 Å². The third-order valence-electron chi connectivity index (χ3n) is 3.78. The van der Waals surface area contributed by atoms with E-state index in [0.29, 0.717) is 18.6 Å². The molecule has 4 nitrogen and oxygen atoms in total. The second-order valence-corrected chi connectivity index (χ2v) is 5.07. The third-order valence-corrected chi connectivity index (χ3v) is 3.78. The highest BCUT2D eigenvalue weighted by Gasteiger charge is 2.31. The molecule has 2 rings (SSSR count). The lowest BCUT2D eigenvalue weighted by Crippen LogP contribution is -2.48. The molecule has 0 aliphatic carbocycles. The van der Waals surface area contributed by atoms with E-state index >= 15 is 0 Å². The van der Waals surface area contributed by atoms with Crippen molar-refractivity contribution in [2.24, 2.45) is 5.92 Å². The molecule has 2 fully saturated rings. The van der Waals surface area contributed by atoms with Crippen molar-refractivity contribution in [1.29, 1.82) is 0 Å². The minimum atomic E-state index is 0. The van der Waals surface area contributed by atoms with E-state index < -0.39 is 0 Å². The average molecular weight is 277 g/mol. The maximum atomic E-state index is 12.5. The summed E-state index contributed by atoms with van der Waals surface area (Å²) >= 11 is 0. The molecule has 0 aromatic carbocycles. The van der Waals surface area contributed by atoms with E-state index in [0.717, 1.165) is 51.9 Å². The summed E-state index contributed by atoms with van der Waals surface area (Å²) in [6, 6.07) is 0.448. The summed E-state index contributed by atoms with van der Waals surface area (Å²) in [7, 11) is 0. The molecule has 106 valence electrons. The second kappa shape index (κ2) is 7.97. The van der Waals surface area contributed by atoms with Crippen molar-refractivity contribution in [2.75, 3.05) is 32.8 Å². The quantitative estimate of drug-likeness (QED) is 0.845. The molecule has 5 heteroatoms. The summed E-state index contributed by atoms with van der Waals surface area (Å²) in [5.74, 6) is 0.452. The van der Waals surface area contributed by atoms with Gasteiger partial charge >= 0.3 is 0 Å². The third kappa shape index (κ3) is 3.84. The Morgan fingerprint density at radius 3 is 2.61 bits per heavy atom. The Morgan fingerprint density at radius 1 is 1.33 bits per heavy atom. The van der Waals surface area contributed by atoms with Crippen LogP contribution in [0.3, 0.4) is 0 Å². The lowest BCUT2D eigenvalue weighted by molar-refractivity contribution is -0.138. The molecule has 0 spiro atoms. The second-order valence-electron chi connectivity index (χ2n) is 5.07. The highest BCUT2D eigenvalue weighted by atomic mass is 35.5. The number of hydrogen-bond donors (Lipinski definition) is 1. The molecule has 1 atom stereocenters. The molecule has 2 aliphatic rings. The SMILES string of the molecule is CCCN(C(=O)C1CCOC1)C1CCNCC1.Cl. The number of halogens is 1. The van der Waals surface area contributed by atoms with Gasteiger partial charge in [0, 0.05) is 19.2 Å². The van der Waals surface area contributed by atoms with Crippen LogP contribution in [0.5, 0.6) is 0 Å².